The smallest absolute Gasteiger partial charge is 0.251 e. The molecule has 1 heterocycles. The molecule has 0 radical (unpaired) electrons. The SMILES string of the molecule is O=C(NCC[C@@H]1CCOC1)c1cccc2ccccc12. The zero-order valence-corrected chi connectivity index (χ0v) is 11.5. The number of fused-ring (bicyclic) bond motifs is 1. The number of hydrogen-bond acceptors (Lipinski definition) is 2. The molecule has 0 aromatic heterocycles. The van der Waals surface area contributed by atoms with E-state index in [1.807, 2.05) is 42.5 Å². The van der Waals surface area contributed by atoms with Crippen molar-refractivity contribution in [3.05, 3.63) is 48.0 Å². The highest BCUT2D eigenvalue weighted by molar-refractivity contribution is 6.06. The predicted octanol–water partition coefficient (Wildman–Crippen LogP) is 3.00. The van der Waals surface area contributed by atoms with E-state index in [0.717, 1.165) is 48.9 Å². The summed E-state index contributed by atoms with van der Waals surface area (Å²) in [4.78, 5) is 12.3. The third kappa shape index (κ3) is 2.83. The van der Waals surface area contributed by atoms with Crippen molar-refractivity contribution in [2.45, 2.75) is 12.8 Å². The molecule has 1 atom stereocenters. The predicted molar refractivity (Wildman–Crippen MR) is 79.8 cm³/mol. The van der Waals surface area contributed by atoms with Crippen LogP contribution in [0.4, 0.5) is 0 Å². The molecule has 1 aliphatic rings. The molecule has 3 rings (SSSR count). The maximum atomic E-state index is 12.3. The summed E-state index contributed by atoms with van der Waals surface area (Å²) in [7, 11) is 0. The van der Waals surface area contributed by atoms with Gasteiger partial charge in [-0.3, -0.25) is 4.79 Å². The molecular formula is C17H19NO2. The molecule has 1 fully saturated rings. The first-order valence-corrected chi connectivity index (χ1v) is 7.18. The Morgan fingerprint density at radius 2 is 2.05 bits per heavy atom. The Bertz CT molecular complexity index is 597. The average molecular weight is 269 g/mol. The molecule has 2 aromatic carbocycles. The van der Waals surface area contributed by atoms with E-state index in [0.29, 0.717) is 5.92 Å². The van der Waals surface area contributed by atoms with Gasteiger partial charge in [-0.1, -0.05) is 36.4 Å². The Kier molecular flexibility index (Phi) is 3.97. The summed E-state index contributed by atoms with van der Waals surface area (Å²) in [5.74, 6) is 0.614. The number of hydrogen-bond donors (Lipinski definition) is 1. The van der Waals surface area contributed by atoms with Gasteiger partial charge >= 0.3 is 0 Å². The van der Waals surface area contributed by atoms with Gasteiger partial charge in [-0.05, 0) is 35.6 Å². The quantitative estimate of drug-likeness (QED) is 0.926. The summed E-state index contributed by atoms with van der Waals surface area (Å²) in [5.41, 5.74) is 0.755. The van der Waals surface area contributed by atoms with E-state index in [1.165, 1.54) is 0 Å². The Labute approximate surface area is 118 Å². The Hall–Kier alpha value is -1.87. The molecule has 1 N–H and O–H groups in total. The lowest BCUT2D eigenvalue weighted by molar-refractivity contribution is 0.0952. The minimum absolute atomic E-state index is 0.0146. The molecule has 20 heavy (non-hydrogen) atoms. The number of carbonyl (C=O) groups excluding carboxylic acids is 1. The van der Waals surface area contributed by atoms with Crippen molar-refractivity contribution in [2.75, 3.05) is 19.8 Å². The van der Waals surface area contributed by atoms with E-state index in [1.54, 1.807) is 0 Å². The van der Waals surface area contributed by atoms with E-state index in [4.69, 9.17) is 4.74 Å². The van der Waals surface area contributed by atoms with Crippen LogP contribution in [0.1, 0.15) is 23.2 Å². The minimum atomic E-state index is 0.0146. The number of nitrogens with one attached hydrogen (secondary N) is 1. The van der Waals surface area contributed by atoms with Crippen molar-refractivity contribution >= 4 is 16.7 Å². The maximum Gasteiger partial charge on any atom is 0.251 e. The van der Waals surface area contributed by atoms with Crippen LogP contribution in [0, 0.1) is 5.92 Å². The molecule has 3 heteroatoms. The molecule has 1 saturated heterocycles. The van der Waals surface area contributed by atoms with Crippen molar-refractivity contribution in [3.63, 3.8) is 0 Å². The number of rotatable bonds is 4. The first-order chi connectivity index (χ1) is 9.84. The zero-order valence-electron chi connectivity index (χ0n) is 11.5. The second kappa shape index (κ2) is 6.06. The van der Waals surface area contributed by atoms with E-state index in [2.05, 4.69) is 5.32 Å². The van der Waals surface area contributed by atoms with Gasteiger partial charge in [0.2, 0.25) is 0 Å². The Morgan fingerprint density at radius 1 is 1.20 bits per heavy atom. The van der Waals surface area contributed by atoms with Crippen molar-refractivity contribution < 1.29 is 9.53 Å². The van der Waals surface area contributed by atoms with Crippen LogP contribution in [0.3, 0.4) is 0 Å². The van der Waals surface area contributed by atoms with Crippen LogP contribution in [-0.4, -0.2) is 25.7 Å². The van der Waals surface area contributed by atoms with Gasteiger partial charge in [0, 0.05) is 25.3 Å². The van der Waals surface area contributed by atoms with Gasteiger partial charge in [0.25, 0.3) is 5.91 Å². The van der Waals surface area contributed by atoms with E-state index in [-0.39, 0.29) is 5.91 Å². The van der Waals surface area contributed by atoms with Crippen LogP contribution in [0.25, 0.3) is 10.8 Å². The van der Waals surface area contributed by atoms with Crippen LogP contribution in [0.15, 0.2) is 42.5 Å². The fraction of sp³-hybridized carbons (Fsp3) is 0.353. The third-order valence-corrected chi connectivity index (χ3v) is 3.90. The highest BCUT2D eigenvalue weighted by atomic mass is 16.5. The lowest BCUT2D eigenvalue weighted by Gasteiger charge is -2.10. The molecule has 2 aromatic rings. The standard InChI is InChI=1S/C17H19NO2/c19-17(18-10-8-13-9-11-20-12-13)16-7-3-5-14-4-1-2-6-15(14)16/h1-7,13H,8-12H2,(H,18,19)/t13-/m1/s1. The monoisotopic (exact) mass is 269 g/mol. The average Bonchev–Trinajstić information content (AvgIpc) is 3.00. The molecule has 3 nitrogen and oxygen atoms in total. The number of amides is 1. The first kappa shape index (κ1) is 13.1. The summed E-state index contributed by atoms with van der Waals surface area (Å²) < 4.78 is 5.34. The minimum Gasteiger partial charge on any atom is -0.381 e. The molecule has 1 amide bonds. The number of ether oxygens (including phenoxy) is 1. The van der Waals surface area contributed by atoms with Crippen LogP contribution >= 0.6 is 0 Å². The lowest BCUT2D eigenvalue weighted by Crippen LogP contribution is -2.26. The van der Waals surface area contributed by atoms with Crippen LogP contribution < -0.4 is 5.32 Å². The van der Waals surface area contributed by atoms with Gasteiger partial charge in [-0.25, -0.2) is 0 Å². The van der Waals surface area contributed by atoms with Gasteiger partial charge in [0.15, 0.2) is 0 Å². The molecule has 104 valence electrons. The van der Waals surface area contributed by atoms with Gasteiger partial charge in [-0.2, -0.15) is 0 Å². The zero-order chi connectivity index (χ0) is 13.8. The molecule has 0 bridgehead atoms. The topological polar surface area (TPSA) is 38.3 Å². The highest BCUT2D eigenvalue weighted by Crippen LogP contribution is 2.19. The Balaban J connectivity index is 1.66. The summed E-state index contributed by atoms with van der Waals surface area (Å²) in [5, 5.41) is 5.14. The first-order valence-electron chi connectivity index (χ1n) is 7.18. The largest absolute Gasteiger partial charge is 0.381 e. The maximum absolute atomic E-state index is 12.3. The van der Waals surface area contributed by atoms with Crippen molar-refractivity contribution in [1.29, 1.82) is 0 Å². The fourth-order valence-corrected chi connectivity index (χ4v) is 2.72. The van der Waals surface area contributed by atoms with Crippen LogP contribution in [0.2, 0.25) is 0 Å². The van der Waals surface area contributed by atoms with Gasteiger partial charge in [-0.15, -0.1) is 0 Å². The van der Waals surface area contributed by atoms with Gasteiger partial charge in [0.1, 0.15) is 0 Å². The van der Waals surface area contributed by atoms with Crippen LogP contribution in [-0.2, 0) is 4.74 Å². The summed E-state index contributed by atoms with van der Waals surface area (Å²) >= 11 is 0. The second-order valence-corrected chi connectivity index (χ2v) is 5.30. The van der Waals surface area contributed by atoms with Crippen molar-refractivity contribution in [2.24, 2.45) is 5.92 Å². The van der Waals surface area contributed by atoms with E-state index >= 15 is 0 Å². The highest BCUT2D eigenvalue weighted by Gasteiger charge is 2.16. The fourth-order valence-electron chi connectivity index (χ4n) is 2.72. The lowest BCUT2D eigenvalue weighted by atomic mass is 10.0. The number of carbonyl (C=O) groups is 1. The molecular weight excluding hydrogens is 250 g/mol. The molecule has 0 aliphatic carbocycles. The molecule has 0 saturated carbocycles. The van der Waals surface area contributed by atoms with E-state index in [9.17, 15) is 4.79 Å². The van der Waals surface area contributed by atoms with E-state index < -0.39 is 0 Å². The van der Waals surface area contributed by atoms with Crippen molar-refractivity contribution in [1.82, 2.24) is 5.32 Å². The van der Waals surface area contributed by atoms with Crippen LogP contribution in [0.5, 0.6) is 0 Å². The second-order valence-electron chi connectivity index (χ2n) is 5.30. The van der Waals surface area contributed by atoms with Gasteiger partial charge in [0.05, 0.1) is 0 Å². The molecule has 1 aliphatic heterocycles. The molecule has 0 spiro atoms. The Morgan fingerprint density at radius 3 is 2.90 bits per heavy atom. The normalized spacial score (nSPS) is 18.3. The number of benzene rings is 2. The summed E-state index contributed by atoms with van der Waals surface area (Å²) in [6, 6.07) is 13.8. The summed E-state index contributed by atoms with van der Waals surface area (Å²) in [6.07, 6.45) is 2.11. The third-order valence-electron chi connectivity index (χ3n) is 3.90. The molecule has 0 unspecified atom stereocenters. The van der Waals surface area contributed by atoms with Crippen molar-refractivity contribution in [3.8, 4) is 0 Å². The van der Waals surface area contributed by atoms with Gasteiger partial charge < -0.3 is 10.1 Å². The summed E-state index contributed by atoms with van der Waals surface area (Å²) in [6.45, 7) is 2.42.